The van der Waals surface area contributed by atoms with Gasteiger partial charge in [0.1, 0.15) is 5.75 Å². The van der Waals surface area contributed by atoms with Crippen molar-refractivity contribution in [3.05, 3.63) is 72.1 Å². The zero-order valence-corrected chi connectivity index (χ0v) is 17.1. The Morgan fingerprint density at radius 2 is 1.59 bits per heavy atom. The number of nitrogens with two attached hydrogens (primary N) is 1. The van der Waals surface area contributed by atoms with E-state index in [4.69, 9.17) is 19.9 Å². The molecule has 2 aromatic heterocycles. The van der Waals surface area contributed by atoms with E-state index < -0.39 is 23.3 Å². The summed E-state index contributed by atoms with van der Waals surface area (Å²) in [7, 11) is 2.96. The summed E-state index contributed by atoms with van der Waals surface area (Å²) < 4.78 is 46.0. The summed E-state index contributed by atoms with van der Waals surface area (Å²) in [6.07, 6.45) is 2.84. The number of ether oxygens (including phenoxy) is 3. The van der Waals surface area contributed by atoms with Crippen LogP contribution in [-0.2, 0) is 0 Å². The molecule has 162 valence electrons. The first-order valence-corrected chi connectivity index (χ1v) is 9.35. The van der Waals surface area contributed by atoms with E-state index in [0.29, 0.717) is 22.4 Å². The van der Waals surface area contributed by atoms with Crippen LogP contribution in [0.3, 0.4) is 0 Å². The van der Waals surface area contributed by atoms with Crippen LogP contribution in [-0.4, -0.2) is 30.1 Å². The number of rotatable bonds is 6. The number of carbonyl (C=O) groups is 1. The van der Waals surface area contributed by atoms with Gasteiger partial charge in [0, 0.05) is 29.4 Å². The van der Waals surface area contributed by atoms with Crippen LogP contribution >= 0.6 is 0 Å². The molecule has 2 heterocycles. The van der Waals surface area contributed by atoms with E-state index in [-0.39, 0.29) is 22.6 Å². The Balaban J connectivity index is 1.78. The van der Waals surface area contributed by atoms with Gasteiger partial charge in [-0.05, 0) is 36.4 Å². The Hall–Kier alpha value is -4.27. The lowest BCUT2D eigenvalue weighted by atomic mass is 10.0. The predicted octanol–water partition coefficient (Wildman–Crippen LogP) is 4.48. The van der Waals surface area contributed by atoms with Crippen molar-refractivity contribution in [1.29, 1.82) is 0 Å². The number of hydrogen-bond donors (Lipinski definition) is 1. The van der Waals surface area contributed by atoms with Crippen molar-refractivity contribution in [1.82, 2.24) is 9.97 Å². The third kappa shape index (κ3) is 3.76. The number of aromatic nitrogens is 2. The number of amides is 1. The maximum atomic E-state index is 14.9. The van der Waals surface area contributed by atoms with Gasteiger partial charge < -0.3 is 19.9 Å². The number of methoxy groups -OCH3 is 2. The van der Waals surface area contributed by atoms with Crippen molar-refractivity contribution in [2.75, 3.05) is 14.2 Å². The summed E-state index contributed by atoms with van der Waals surface area (Å²) in [5.41, 5.74) is 5.98. The number of fused-ring (bicyclic) bond motifs is 1. The third-order valence-corrected chi connectivity index (χ3v) is 4.76. The van der Waals surface area contributed by atoms with Crippen LogP contribution in [0.5, 0.6) is 23.0 Å². The molecule has 0 bridgehead atoms. The van der Waals surface area contributed by atoms with Gasteiger partial charge in [0.15, 0.2) is 28.9 Å². The van der Waals surface area contributed by atoms with Gasteiger partial charge in [0.25, 0.3) is 5.91 Å². The van der Waals surface area contributed by atoms with Crippen molar-refractivity contribution in [2.24, 2.45) is 5.73 Å². The van der Waals surface area contributed by atoms with Crippen molar-refractivity contribution in [2.45, 2.75) is 0 Å². The molecule has 0 aliphatic rings. The number of benzene rings is 2. The van der Waals surface area contributed by atoms with Gasteiger partial charge in [-0.3, -0.25) is 14.8 Å². The van der Waals surface area contributed by atoms with Crippen molar-refractivity contribution in [3.63, 3.8) is 0 Å². The minimum atomic E-state index is -0.980. The molecule has 0 radical (unpaired) electrons. The topological polar surface area (TPSA) is 96.6 Å². The Bertz CT molecular complexity index is 1320. The van der Waals surface area contributed by atoms with Crippen LogP contribution in [0.1, 0.15) is 10.4 Å². The Kier molecular flexibility index (Phi) is 5.55. The van der Waals surface area contributed by atoms with Gasteiger partial charge in [-0.2, -0.15) is 0 Å². The lowest BCUT2D eigenvalue weighted by molar-refractivity contribution is 0.100. The van der Waals surface area contributed by atoms with E-state index >= 15 is 0 Å². The van der Waals surface area contributed by atoms with Crippen LogP contribution in [0.15, 0.2) is 54.9 Å². The first kappa shape index (κ1) is 21.0. The molecule has 9 heteroatoms. The van der Waals surface area contributed by atoms with E-state index in [0.717, 1.165) is 12.1 Å². The molecule has 0 aliphatic heterocycles. The van der Waals surface area contributed by atoms with E-state index in [2.05, 4.69) is 9.97 Å². The third-order valence-electron chi connectivity index (χ3n) is 4.76. The van der Waals surface area contributed by atoms with E-state index in [1.807, 2.05) is 0 Å². The van der Waals surface area contributed by atoms with Crippen molar-refractivity contribution < 1.29 is 27.8 Å². The minimum Gasteiger partial charge on any atom is -0.493 e. The SMILES string of the molecule is COc1cc2nccc(Oc3c(F)cc(-c4ncccc4C(N)=O)cc3F)c2cc1OC. The minimum absolute atomic E-state index is 0.0427. The summed E-state index contributed by atoms with van der Waals surface area (Å²) >= 11 is 0. The smallest absolute Gasteiger partial charge is 0.250 e. The summed E-state index contributed by atoms with van der Waals surface area (Å²) in [5.74, 6) is -2.32. The van der Waals surface area contributed by atoms with Gasteiger partial charge in [0.05, 0.1) is 31.0 Å². The first-order chi connectivity index (χ1) is 15.4. The van der Waals surface area contributed by atoms with Crippen LogP contribution in [0, 0.1) is 11.6 Å². The number of pyridine rings is 2. The maximum Gasteiger partial charge on any atom is 0.250 e. The molecule has 32 heavy (non-hydrogen) atoms. The lowest BCUT2D eigenvalue weighted by Crippen LogP contribution is -2.13. The fraction of sp³-hybridized carbons (Fsp3) is 0.0870. The normalized spacial score (nSPS) is 10.8. The fourth-order valence-electron chi connectivity index (χ4n) is 3.27. The molecule has 0 spiro atoms. The average molecular weight is 437 g/mol. The molecule has 0 atom stereocenters. The molecule has 0 unspecified atom stereocenters. The van der Waals surface area contributed by atoms with Gasteiger partial charge in [0.2, 0.25) is 0 Å². The van der Waals surface area contributed by atoms with Crippen LogP contribution in [0.2, 0.25) is 0 Å². The molecule has 4 aromatic rings. The summed E-state index contributed by atoms with van der Waals surface area (Å²) in [6, 6.07) is 9.70. The molecule has 2 N–H and O–H groups in total. The highest BCUT2D eigenvalue weighted by atomic mass is 19.1. The number of nitrogens with zero attached hydrogens (tertiary/aromatic N) is 2. The van der Waals surface area contributed by atoms with Crippen molar-refractivity contribution in [3.8, 4) is 34.3 Å². The molecular weight excluding hydrogens is 420 g/mol. The molecule has 7 nitrogen and oxygen atoms in total. The highest BCUT2D eigenvalue weighted by molar-refractivity contribution is 5.98. The largest absolute Gasteiger partial charge is 0.493 e. The van der Waals surface area contributed by atoms with Crippen molar-refractivity contribution >= 4 is 16.8 Å². The van der Waals surface area contributed by atoms with Gasteiger partial charge in [-0.15, -0.1) is 0 Å². The van der Waals surface area contributed by atoms with Gasteiger partial charge >= 0.3 is 0 Å². The highest BCUT2D eigenvalue weighted by Crippen LogP contribution is 2.38. The lowest BCUT2D eigenvalue weighted by Gasteiger charge is -2.14. The second-order valence-corrected chi connectivity index (χ2v) is 6.67. The number of hydrogen-bond acceptors (Lipinski definition) is 6. The van der Waals surface area contributed by atoms with Crippen LogP contribution in [0.25, 0.3) is 22.2 Å². The Morgan fingerprint density at radius 3 is 2.25 bits per heavy atom. The molecule has 0 fully saturated rings. The fourth-order valence-corrected chi connectivity index (χ4v) is 3.27. The van der Waals surface area contributed by atoms with E-state index in [1.54, 1.807) is 12.1 Å². The average Bonchev–Trinajstić information content (AvgIpc) is 2.80. The Labute approximate surface area is 181 Å². The van der Waals surface area contributed by atoms with Crippen LogP contribution < -0.4 is 19.9 Å². The molecule has 0 saturated carbocycles. The van der Waals surface area contributed by atoms with Crippen LogP contribution in [0.4, 0.5) is 8.78 Å². The summed E-state index contributed by atoms with van der Waals surface area (Å²) in [4.78, 5) is 19.9. The highest BCUT2D eigenvalue weighted by Gasteiger charge is 2.20. The maximum absolute atomic E-state index is 14.9. The molecule has 0 aliphatic carbocycles. The molecule has 1 amide bonds. The van der Waals surface area contributed by atoms with Gasteiger partial charge in [-0.1, -0.05) is 0 Å². The first-order valence-electron chi connectivity index (χ1n) is 9.35. The predicted molar refractivity (Wildman–Crippen MR) is 113 cm³/mol. The monoisotopic (exact) mass is 437 g/mol. The molecular formula is C23H17F2N3O4. The number of carbonyl (C=O) groups excluding carboxylic acids is 1. The quantitative estimate of drug-likeness (QED) is 0.478. The standard InChI is InChI=1S/C23H17F2N3O4/c1-30-19-10-14-17(11-20(19)31-2)27-7-5-18(14)32-22-15(24)8-12(9-16(22)25)21-13(23(26)29)4-3-6-28-21/h3-11H,1-2H3,(H2,26,29). The summed E-state index contributed by atoms with van der Waals surface area (Å²) in [6.45, 7) is 0. The zero-order valence-electron chi connectivity index (χ0n) is 17.1. The molecule has 4 rings (SSSR count). The zero-order chi connectivity index (χ0) is 22.8. The number of primary amides is 1. The second-order valence-electron chi connectivity index (χ2n) is 6.67. The van der Waals surface area contributed by atoms with E-state index in [9.17, 15) is 13.6 Å². The second kappa shape index (κ2) is 8.46. The van der Waals surface area contributed by atoms with Gasteiger partial charge in [-0.25, -0.2) is 8.78 Å². The molecule has 2 aromatic carbocycles. The van der Waals surface area contributed by atoms with E-state index in [1.165, 1.54) is 44.8 Å². The Morgan fingerprint density at radius 1 is 0.906 bits per heavy atom. The molecule has 0 saturated heterocycles. The number of halogens is 2. The summed E-state index contributed by atoms with van der Waals surface area (Å²) in [5, 5.41) is 0.466.